The van der Waals surface area contributed by atoms with Gasteiger partial charge in [0.25, 0.3) is 0 Å². The molecule has 0 bridgehead atoms. The summed E-state index contributed by atoms with van der Waals surface area (Å²) in [7, 11) is 0. The van der Waals surface area contributed by atoms with Crippen LogP contribution in [0, 0.1) is 0 Å². The highest BCUT2D eigenvalue weighted by Crippen LogP contribution is 2.24. The molecular formula is C21H30F3N3O4. The summed E-state index contributed by atoms with van der Waals surface area (Å²) in [6.07, 6.45) is -3.60. The number of piperidine rings is 1. The second-order valence-electron chi connectivity index (χ2n) is 8.33. The number of rotatable bonds is 6. The largest absolute Gasteiger partial charge is 0.573 e. The zero-order valence-corrected chi connectivity index (χ0v) is 18.3. The van der Waals surface area contributed by atoms with Crippen LogP contribution in [0.25, 0.3) is 0 Å². The first kappa shape index (κ1) is 24.6. The van der Waals surface area contributed by atoms with Crippen LogP contribution >= 0.6 is 0 Å². The number of carbonyl (C=O) groups excluding carboxylic acids is 2. The van der Waals surface area contributed by atoms with Gasteiger partial charge in [0.2, 0.25) is 5.91 Å². The number of benzene rings is 1. The van der Waals surface area contributed by atoms with E-state index >= 15 is 0 Å². The molecule has 1 N–H and O–H groups in total. The fourth-order valence-corrected chi connectivity index (χ4v) is 3.36. The van der Waals surface area contributed by atoms with Crippen molar-refractivity contribution in [3.8, 4) is 5.75 Å². The van der Waals surface area contributed by atoms with Crippen LogP contribution in [0.2, 0.25) is 0 Å². The number of halogens is 3. The number of nitrogens with zero attached hydrogens (tertiary/aromatic N) is 2. The minimum Gasteiger partial charge on any atom is -0.444 e. The molecule has 1 aliphatic rings. The predicted molar refractivity (Wildman–Crippen MR) is 110 cm³/mol. The second-order valence-corrected chi connectivity index (χ2v) is 8.33. The summed E-state index contributed by atoms with van der Waals surface area (Å²) in [5, 5.41) is 2.91. The molecule has 0 radical (unpaired) electrons. The van der Waals surface area contributed by atoms with Gasteiger partial charge in [-0.25, -0.2) is 4.79 Å². The number of anilines is 1. The van der Waals surface area contributed by atoms with Crippen LogP contribution < -0.4 is 10.1 Å². The van der Waals surface area contributed by atoms with Gasteiger partial charge in [-0.05, 0) is 64.8 Å². The van der Waals surface area contributed by atoms with E-state index < -0.39 is 18.1 Å². The maximum absolute atomic E-state index is 12.6. The first-order valence-corrected chi connectivity index (χ1v) is 10.2. The average molecular weight is 445 g/mol. The van der Waals surface area contributed by atoms with E-state index in [1.165, 1.54) is 24.3 Å². The molecule has 0 unspecified atom stereocenters. The third kappa shape index (κ3) is 8.18. The molecule has 2 amide bonds. The Morgan fingerprint density at radius 1 is 1.19 bits per heavy atom. The summed E-state index contributed by atoms with van der Waals surface area (Å²) in [6.45, 7) is 8.76. The van der Waals surface area contributed by atoms with Crippen LogP contribution in [0.4, 0.5) is 23.7 Å². The van der Waals surface area contributed by atoms with Crippen molar-refractivity contribution < 1.29 is 32.2 Å². The van der Waals surface area contributed by atoms with Crippen LogP contribution in [-0.2, 0) is 9.53 Å². The summed E-state index contributed by atoms with van der Waals surface area (Å²) < 4.78 is 46.0. The van der Waals surface area contributed by atoms with Crippen molar-refractivity contribution in [2.75, 3.05) is 31.5 Å². The van der Waals surface area contributed by atoms with E-state index in [1.807, 2.05) is 27.7 Å². The summed E-state index contributed by atoms with van der Waals surface area (Å²) >= 11 is 0. The lowest BCUT2D eigenvalue weighted by atomic mass is 10.0. The number of amides is 2. The Hall–Kier alpha value is -2.65. The van der Waals surface area contributed by atoms with Gasteiger partial charge in [0, 0.05) is 25.3 Å². The molecule has 0 spiro atoms. The van der Waals surface area contributed by atoms with Crippen LogP contribution in [0.3, 0.4) is 0 Å². The molecule has 0 aliphatic carbocycles. The van der Waals surface area contributed by atoms with E-state index in [1.54, 1.807) is 9.80 Å². The predicted octanol–water partition coefficient (Wildman–Crippen LogP) is 4.25. The van der Waals surface area contributed by atoms with Gasteiger partial charge in [-0.1, -0.05) is 0 Å². The first-order chi connectivity index (χ1) is 14.4. The van der Waals surface area contributed by atoms with E-state index in [-0.39, 0.29) is 24.2 Å². The highest BCUT2D eigenvalue weighted by Gasteiger charge is 2.32. The average Bonchev–Trinajstić information content (AvgIpc) is 2.65. The zero-order chi connectivity index (χ0) is 23.2. The van der Waals surface area contributed by atoms with E-state index in [4.69, 9.17) is 4.74 Å². The SMILES string of the molecule is CCN(C(=O)OC(C)(C)C)[C@@H]1CCCN(C(=O)CNc2ccc(OC(F)(F)F)cc2)C1. The number of hydrogen-bond donors (Lipinski definition) is 1. The Bertz CT molecular complexity index is 748. The quantitative estimate of drug-likeness (QED) is 0.709. The van der Waals surface area contributed by atoms with Crippen molar-refractivity contribution in [2.24, 2.45) is 0 Å². The van der Waals surface area contributed by atoms with Crippen LogP contribution in [0.1, 0.15) is 40.5 Å². The molecule has 10 heteroatoms. The van der Waals surface area contributed by atoms with Crippen LogP contribution in [0.5, 0.6) is 5.75 Å². The molecule has 31 heavy (non-hydrogen) atoms. The van der Waals surface area contributed by atoms with Crippen molar-refractivity contribution >= 4 is 17.7 Å². The molecule has 1 fully saturated rings. The van der Waals surface area contributed by atoms with Crippen molar-refractivity contribution in [3.05, 3.63) is 24.3 Å². The van der Waals surface area contributed by atoms with Gasteiger partial charge in [-0.15, -0.1) is 13.2 Å². The maximum atomic E-state index is 12.6. The van der Waals surface area contributed by atoms with E-state index in [2.05, 4.69) is 10.1 Å². The molecule has 1 atom stereocenters. The normalized spacial score (nSPS) is 17.1. The van der Waals surface area contributed by atoms with Gasteiger partial charge in [0.05, 0.1) is 12.6 Å². The van der Waals surface area contributed by atoms with Gasteiger partial charge < -0.3 is 24.6 Å². The van der Waals surface area contributed by atoms with Gasteiger partial charge in [-0.2, -0.15) is 0 Å². The van der Waals surface area contributed by atoms with Crippen molar-refractivity contribution in [2.45, 2.75) is 58.5 Å². The van der Waals surface area contributed by atoms with E-state index in [0.717, 1.165) is 12.8 Å². The van der Waals surface area contributed by atoms with Crippen molar-refractivity contribution in [1.29, 1.82) is 0 Å². The number of alkyl halides is 3. The minimum absolute atomic E-state index is 0.00917. The lowest BCUT2D eigenvalue weighted by Crippen LogP contribution is -2.53. The molecule has 174 valence electrons. The summed E-state index contributed by atoms with van der Waals surface area (Å²) in [5.41, 5.74) is -0.0976. The third-order valence-electron chi connectivity index (χ3n) is 4.69. The fourth-order valence-electron chi connectivity index (χ4n) is 3.36. The van der Waals surface area contributed by atoms with Gasteiger partial charge >= 0.3 is 12.5 Å². The highest BCUT2D eigenvalue weighted by molar-refractivity contribution is 5.81. The molecule has 1 heterocycles. The topological polar surface area (TPSA) is 71.1 Å². The Kier molecular flexibility index (Phi) is 8.02. The first-order valence-electron chi connectivity index (χ1n) is 10.2. The van der Waals surface area contributed by atoms with Crippen molar-refractivity contribution in [3.63, 3.8) is 0 Å². The number of ether oxygens (including phenoxy) is 2. The Morgan fingerprint density at radius 2 is 1.84 bits per heavy atom. The van der Waals surface area contributed by atoms with Gasteiger partial charge in [0.1, 0.15) is 11.4 Å². The molecule has 1 aromatic rings. The molecule has 0 saturated carbocycles. The van der Waals surface area contributed by atoms with Gasteiger partial charge in [0.15, 0.2) is 0 Å². The fraction of sp³-hybridized carbons (Fsp3) is 0.619. The standard InChI is InChI=1S/C21H30F3N3O4/c1-5-27(19(29)31-20(2,3)4)16-7-6-12-26(14-16)18(28)13-25-15-8-10-17(11-9-15)30-21(22,23)24/h8-11,16,25H,5-7,12-14H2,1-4H3/t16-/m1/s1. The number of likely N-dealkylation sites (N-methyl/N-ethyl adjacent to an activating group) is 1. The lowest BCUT2D eigenvalue weighted by Gasteiger charge is -2.39. The second kappa shape index (κ2) is 10.1. The molecule has 1 saturated heterocycles. The van der Waals surface area contributed by atoms with Crippen molar-refractivity contribution in [1.82, 2.24) is 9.80 Å². The molecule has 7 nitrogen and oxygen atoms in total. The number of likely N-dealkylation sites (tertiary alicyclic amines) is 1. The molecule has 0 aromatic heterocycles. The molecular weight excluding hydrogens is 415 g/mol. The highest BCUT2D eigenvalue weighted by atomic mass is 19.4. The van der Waals surface area contributed by atoms with Crippen LogP contribution in [-0.4, -0.2) is 66.0 Å². The number of nitrogens with one attached hydrogen (secondary N) is 1. The minimum atomic E-state index is -4.75. The number of carbonyl (C=O) groups is 2. The monoisotopic (exact) mass is 445 g/mol. The smallest absolute Gasteiger partial charge is 0.444 e. The zero-order valence-electron chi connectivity index (χ0n) is 18.3. The Balaban J connectivity index is 1.90. The molecule has 1 aromatic carbocycles. The maximum Gasteiger partial charge on any atom is 0.573 e. The number of hydrogen-bond acceptors (Lipinski definition) is 5. The summed E-state index contributed by atoms with van der Waals surface area (Å²) in [4.78, 5) is 28.5. The lowest BCUT2D eigenvalue weighted by molar-refractivity contribution is -0.274. The Labute approximate surface area is 180 Å². The Morgan fingerprint density at radius 3 is 2.39 bits per heavy atom. The van der Waals surface area contributed by atoms with Gasteiger partial charge in [-0.3, -0.25) is 4.79 Å². The third-order valence-corrected chi connectivity index (χ3v) is 4.69. The van der Waals surface area contributed by atoms with E-state index in [9.17, 15) is 22.8 Å². The summed E-state index contributed by atoms with van der Waals surface area (Å²) in [5.74, 6) is -0.481. The van der Waals surface area contributed by atoms with Crippen LogP contribution in [0.15, 0.2) is 24.3 Å². The summed E-state index contributed by atoms with van der Waals surface area (Å²) in [6, 6.07) is 5.05. The van der Waals surface area contributed by atoms with E-state index in [0.29, 0.717) is 25.3 Å². The molecule has 1 aliphatic heterocycles. The molecule has 2 rings (SSSR count).